The molecule has 0 fully saturated rings. The monoisotopic (exact) mass is 379 g/mol. The van der Waals surface area contributed by atoms with Gasteiger partial charge in [0.05, 0.1) is 18.8 Å². The lowest BCUT2D eigenvalue weighted by Crippen LogP contribution is -2.23. The van der Waals surface area contributed by atoms with E-state index < -0.39 is 0 Å². The molecule has 0 spiro atoms. The summed E-state index contributed by atoms with van der Waals surface area (Å²) in [6.45, 7) is 2.00. The van der Waals surface area contributed by atoms with Crippen LogP contribution in [0.1, 0.15) is 11.1 Å². The van der Waals surface area contributed by atoms with Gasteiger partial charge in [0, 0.05) is 11.1 Å². The Kier molecular flexibility index (Phi) is 4.37. The van der Waals surface area contributed by atoms with Crippen LogP contribution in [0.2, 0.25) is 0 Å². The lowest BCUT2D eigenvalue weighted by atomic mass is 10.1. The van der Waals surface area contributed by atoms with E-state index in [4.69, 9.17) is 9.47 Å². The van der Waals surface area contributed by atoms with Crippen molar-refractivity contribution >= 4 is 22.4 Å². The van der Waals surface area contributed by atoms with Crippen LogP contribution in [-0.2, 0) is 0 Å². The van der Waals surface area contributed by atoms with Crippen molar-refractivity contribution in [1.82, 2.24) is 14.6 Å². The van der Waals surface area contributed by atoms with Crippen LogP contribution in [0.15, 0.2) is 47.3 Å². The molecule has 0 saturated heterocycles. The highest BCUT2D eigenvalue weighted by atomic mass is 32.1. The summed E-state index contributed by atoms with van der Waals surface area (Å²) in [5.41, 5.74) is 2.55. The van der Waals surface area contributed by atoms with E-state index in [1.807, 2.05) is 49.4 Å². The summed E-state index contributed by atoms with van der Waals surface area (Å²) < 4.78 is 12.5. The number of aromatic nitrogens is 3. The van der Waals surface area contributed by atoms with Crippen molar-refractivity contribution in [1.29, 1.82) is 0 Å². The Labute approximate surface area is 159 Å². The predicted octanol–water partition coefficient (Wildman–Crippen LogP) is 2.69. The van der Waals surface area contributed by atoms with E-state index in [2.05, 4.69) is 10.1 Å². The van der Waals surface area contributed by atoms with E-state index in [0.717, 1.165) is 16.7 Å². The molecule has 0 unspecified atom stereocenters. The third kappa shape index (κ3) is 3.06. The van der Waals surface area contributed by atoms with Gasteiger partial charge in [0.15, 0.2) is 5.82 Å². The maximum atomic E-state index is 12.8. The van der Waals surface area contributed by atoms with E-state index in [0.29, 0.717) is 26.8 Å². The summed E-state index contributed by atoms with van der Waals surface area (Å²) in [5, 5.41) is 4.41. The fraction of sp³-hybridized carbons (Fsp3) is 0.150. The second kappa shape index (κ2) is 6.85. The van der Waals surface area contributed by atoms with Crippen molar-refractivity contribution in [2.24, 2.45) is 0 Å². The van der Waals surface area contributed by atoms with Gasteiger partial charge in [-0.2, -0.15) is 9.50 Å². The minimum Gasteiger partial charge on any atom is -0.497 e. The number of nitrogens with zero attached hydrogens (tertiary/aromatic N) is 3. The molecular formula is C20H17N3O3S. The zero-order valence-electron chi connectivity index (χ0n) is 15.1. The van der Waals surface area contributed by atoms with Crippen molar-refractivity contribution in [3.05, 3.63) is 68.5 Å². The van der Waals surface area contributed by atoms with E-state index in [1.165, 1.54) is 15.9 Å². The average molecular weight is 379 g/mol. The molecule has 27 heavy (non-hydrogen) atoms. The molecule has 4 aromatic rings. The maximum Gasteiger partial charge on any atom is 0.291 e. The highest BCUT2D eigenvalue weighted by Crippen LogP contribution is 2.25. The lowest BCUT2D eigenvalue weighted by Gasteiger charge is -2.06. The number of fused-ring (bicyclic) bond motifs is 1. The molecule has 0 aliphatic rings. The van der Waals surface area contributed by atoms with Crippen LogP contribution in [0.5, 0.6) is 11.5 Å². The van der Waals surface area contributed by atoms with Gasteiger partial charge in [0.2, 0.25) is 4.96 Å². The van der Waals surface area contributed by atoms with Gasteiger partial charge >= 0.3 is 0 Å². The minimum atomic E-state index is -0.202. The van der Waals surface area contributed by atoms with Crippen LogP contribution in [0, 0.1) is 6.92 Å². The Morgan fingerprint density at radius 1 is 1.11 bits per heavy atom. The predicted molar refractivity (Wildman–Crippen MR) is 106 cm³/mol. The Hall–Kier alpha value is -3.19. The molecule has 2 heterocycles. The zero-order valence-corrected chi connectivity index (χ0v) is 15.9. The minimum absolute atomic E-state index is 0.202. The number of rotatable bonds is 4. The highest BCUT2D eigenvalue weighted by molar-refractivity contribution is 7.15. The van der Waals surface area contributed by atoms with E-state index in [9.17, 15) is 4.79 Å². The zero-order chi connectivity index (χ0) is 19.0. The van der Waals surface area contributed by atoms with Gasteiger partial charge < -0.3 is 9.47 Å². The Morgan fingerprint density at radius 2 is 1.93 bits per heavy atom. The fourth-order valence-electron chi connectivity index (χ4n) is 2.87. The third-order valence-electron chi connectivity index (χ3n) is 4.29. The number of aryl methyl sites for hydroxylation is 1. The molecule has 0 N–H and O–H groups in total. The molecule has 136 valence electrons. The number of ether oxygens (including phenoxy) is 2. The quantitative estimate of drug-likeness (QED) is 0.545. The summed E-state index contributed by atoms with van der Waals surface area (Å²) >= 11 is 1.30. The van der Waals surface area contributed by atoms with Crippen LogP contribution < -0.4 is 19.6 Å². The molecule has 2 aromatic carbocycles. The molecule has 0 aliphatic heterocycles. The molecule has 7 heteroatoms. The number of hydrogen-bond acceptors (Lipinski definition) is 6. The first-order valence-corrected chi connectivity index (χ1v) is 9.11. The number of thiazole rings is 1. The number of hydrogen-bond donors (Lipinski definition) is 0. The van der Waals surface area contributed by atoms with Crippen molar-refractivity contribution in [2.75, 3.05) is 14.2 Å². The maximum absolute atomic E-state index is 12.8. The van der Waals surface area contributed by atoms with Crippen molar-refractivity contribution in [3.63, 3.8) is 0 Å². The van der Waals surface area contributed by atoms with E-state index in [-0.39, 0.29) is 5.56 Å². The summed E-state index contributed by atoms with van der Waals surface area (Å²) in [5.74, 6) is 1.91. The molecule has 0 aliphatic carbocycles. The topological polar surface area (TPSA) is 65.7 Å². The van der Waals surface area contributed by atoms with Crippen molar-refractivity contribution in [2.45, 2.75) is 6.92 Å². The Balaban J connectivity index is 1.85. The normalized spacial score (nSPS) is 11.9. The van der Waals surface area contributed by atoms with Gasteiger partial charge in [-0.1, -0.05) is 35.6 Å². The molecule has 2 aromatic heterocycles. The van der Waals surface area contributed by atoms with Crippen LogP contribution in [0.25, 0.3) is 22.4 Å². The number of methoxy groups -OCH3 is 2. The number of benzene rings is 2. The van der Waals surface area contributed by atoms with Gasteiger partial charge in [0.25, 0.3) is 5.56 Å². The van der Waals surface area contributed by atoms with Gasteiger partial charge in [-0.3, -0.25) is 4.79 Å². The highest BCUT2D eigenvalue weighted by Gasteiger charge is 2.13. The largest absolute Gasteiger partial charge is 0.497 e. The molecule has 0 radical (unpaired) electrons. The summed E-state index contributed by atoms with van der Waals surface area (Å²) in [6.07, 6.45) is 1.78. The van der Waals surface area contributed by atoms with Gasteiger partial charge in [0.1, 0.15) is 11.5 Å². The van der Waals surface area contributed by atoms with Crippen LogP contribution in [-0.4, -0.2) is 28.8 Å². The van der Waals surface area contributed by atoms with Crippen LogP contribution in [0.3, 0.4) is 0 Å². The molecule has 4 rings (SSSR count). The van der Waals surface area contributed by atoms with E-state index in [1.54, 1.807) is 20.3 Å². The first-order chi connectivity index (χ1) is 13.1. The van der Waals surface area contributed by atoms with Gasteiger partial charge in [-0.15, -0.1) is 5.10 Å². The molecule has 6 nitrogen and oxygen atoms in total. The van der Waals surface area contributed by atoms with Crippen molar-refractivity contribution < 1.29 is 9.47 Å². The first kappa shape index (κ1) is 17.2. The molecule has 0 saturated carbocycles. The molecule has 0 atom stereocenters. The summed E-state index contributed by atoms with van der Waals surface area (Å²) in [7, 11) is 3.19. The standard InChI is InChI=1S/C20H17N3O3S/c1-12-6-4-5-7-15(12)18-21-20-23(22-18)19(24)17(27-20)11-13-10-14(25-2)8-9-16(13)26-3/h4-11H,1-3H3/b17-11+. The SMILES string of the molecule is COc1ccc(OC)c(/C=c2/sc3nc(-c4ccccc4C)nn3c2=O)c1. The average Bonchev–Trinajstić information content (AvgIpc) is 3.22. The second-order valence-corrected chi connectivity index (χ2v) is 6.98. The Bertz CT molecular complexity index is 1240. The second-order valence-electron chi connectivity index (χ2n) is 5.97. The summed E-state index contributed by atoms with van der Waals surface area (Å²) in [4.78, 5) is 17.9. The first-order valence-electron chi connectivity index (χ1n) is 8.30. The van der Waals surface area contributed by atoms with Gasteiger partial charge in [-0.25, -0.2) is 0 Å². The smallest absolute Gasteiger partial charge is 0.291 e. The third-order valence-corrected chi connectivity index (χ3v) is 5.25. The van der Waals surface area contributed by atoms with Crippen molar-refractivity contribution in [3.8, 4) is 22.9 Å². The summed E-state index contributed by atoms with van der Waals surface area (Å²) in [6, 6.07) is 13.3. The Morgan fingerprint density at radius 3 is 2.63 bits per heavy atom. The molecule has 0 bridgehead atoms. The molecule has 0 amide bonds. The van der Waals surface area contributed by atoms with Crippen LogP contribution in [0.4, 0.5) is 0 Å². The van der Waals surface area contributed by atoms with Gasteiger partial charge in [-0.05, 0) is 36.8 Å². The lowest BCUT2D eigenvalue weighted by molar-refractivity contribution is 0.402. The molecular weight excluding hydrogens is 362 g/mol. The fourth-order valence-corrected chi connectivity index (χ4v) is 3.76. The van der Waals surface area contributed by atoms with Crippen LogP contribution >= 0.6 is 11.3 Å². The van der Waals surface area contributed by atoms with E-state index >= 15 is 0 Å².